The summed E-state index contributed by atoms with van der Waals surface area (Å²) in [6.45, 7) is 4.12. The zero-order chi connectivity index (χ0) is 13.8. The Bertz CT molecular complexity index is 461. The van der Waals surface area contributed by atoms with Gasteiger partial charge in [0.25, 0.3) is 5.91 Å². The quantitative estimate of drug-likeness (QED) is 0.833. The van der Waals surface area contributed by atoms with Gasteiger partial charge in [-0.25, -0.2) is 0 Å². The SMILES string of the molecule is CCSC1CCCC1NC(=O)c1ccc(C)c(N)c1. The van der Waals surface area contributed by atoms with Crippen molar-refractivity contribution >= 4 is 23.4 Å². The Hall–Kier alpha value is -1.16. The van der Waals surface area contributed by atoms with Crippen molar-refractivity contribution in [2.75, 3.05) is 11.5 Å². The molecule has 2 unspecified atom stereocenters. The lowest BCUT2D eigenvalue weighted by Crippen LogP contribution is -2.38. The van der Waals surface area contributed by atoms with E-state index in [1.807, 2.05) is 30.8 Å². The normalized spacial score (nSPS) is 22.4. The summed E-state index contributed by atoms with van der Waals surface area (Å²) in [5, 5.41) is 3.73. The molecule has 4 heteroatoms. The smallest absolute Gasteiger partial charge is 0.251 e. The summed E-state index contributed by atoms with van der Waals surface area (Å²) in [5.74, 6) is 1.11. The van der Waals surface area contributed by atoms with E-state index >= 15 is 0 Å². The number of nitrogens with two attached hydrogens (primary N) is 1. The van der Waals surface area contributed by atoms with E-state index in [9.17, 15) is 4.79 Å². The number of anilines is 1. The number of aryl methyl sites for hydroxylation is 1. The molecule has 0 heterocycles. The third-order valence-electron chi connectivity index (χ3n) is 3.69. The minimum Gasteiger partial charge on any atom is -0.398 e. The Morgan fingerprint density at radius 1 is 1.47 bits per heavy atom. The van der Waals surface area contributed by atoms with Gasteiger partial charge in [0.1, 0.15) is 0 Å². The molecule has 0 radical (unpaired) electrons. The minimum absolute atomic E-state index is 0.000281. The van der Waals surface area contributed by atoms with Crippen LogP contribution in [-0.2, 0) is 0 Å². The summed E-state index contributed by atoms with van der Waals surface area (Å²) in [5.41, 5.74) is 8.21. The molecule has 3 nitrogen and oxygen atoms in total. The molecule has 1 saturated carbocycles. The van der Waals surface area contributed by atoms with Crippen LogP contribution in [0.1, 0.15) is 42.1 Å². The molecule has 1 aliphatic rings. The monoisotopic (exact) mass is 278 g/mol. The van der Waals surface area contributed by atoms with Crippen molar-refractivity contribution < 1.29 is 4.79 Å². The summed E-state index contributed by atoms with van der Waals surface area (Å²) in [4.78, 5) is 12.2. The standard InChI is InChI=1S/C15H22N2OS/c1-3-19-14-6-4-5-13(14)17-15(18)11-8-7-10(2)12(16)9-11/h7-9,13-14H,3-6,16H2,1-2H3,(H,17,18). The molecule has 19 heavy (non-hydrogen) atoms. The van der Waals surface area contributed by atoms with Gasteiger partial charge in [-0.3, -0.25) is 4.79 Å². The van der Waals surface area contributed by atoms with E-state index in [0.29, 0.717) is 22.5 Å². The van der Waals surface area contributed by atoms with Crippen molar-refractivity contribution in [3.05, 3.63) is 29.3 Å². The molecule has 1 fully saturated rings. The lowest BCUT2D eigenvalue weighted by atomic mass is 10.1. The molecule has 1 aliphatic carbocycles. The lowest BCUT2D eigenvalue weighted by Gasteiger charge is -2.20. The maximum atomic E-state index is 12.2. The molecular formula is C15H22N2OS. The molecule has 1 aromatic rings. The van der Waals surface area contributed by atoms with Crippen LogP contribution in [0.3, 0.4) is 0 Å². The zero-order valence-electron chi connectivity index (χ0n) is 11.6. The van der Waals surface area contributed by atoms with Gasteiger partial charge in [0, 0.05) is 22.5 Å². The molecule has 3 N–H and O–H groups in total. The number of nitrogen functional groups attached to an aromatic ring is 1. The van der Waals surface area contributed by atoms with Gasteiger partial charge in [-0.2, -0.15) is 11.8 Å². The van der Waals surface area contributed by atoms with Gasteiger partial charge >= 0.3 is 0 Å². The first kappa shape index (κ1) is 14.3. The molecule has 2 rings (SSSR count). The van der Waals surface area contributed by atoms with E-state index in [0.717, 1.165) is 17.7 Å². The average Bonchev–Trinajstić information content (AvgIpc) is 2.80. The Balaban J connectivity index is 2.02. The fraction of sp³-hybridized carbons (Fsp3) is 0.533. The molecule has 0 bridgehead atoms. The van der Waals surface area contributed by atoms with E-state index in [1.54, 1.807) is 6.07 Å². The maximum Gasteiger partial charge on any atom is 0.251 e. The summed E-state index contributed by atoms with van der Waals surface area (Å²) in [6, 6.07) is 5.82. The van der Waals surface area contributed by atoms with Crippen molar-refractivity contribution in [2.24, 2.45) is 0 Å². The third kappa shape index (κ3) is 3.44. The highest BCUT2D eigenvalue weighted by Gasteiger charge is 2.28. The van der Waals surface area contributed by atoms with Gasteiger partial charge in [0.05, 0.1) is 0 Å². The van der Waals surface area contributed by atoms with E-state index in [4.69, 9.17) is 5.73 Å². The van der Waals surface area contributed by atoms with E-state index in [-0.39, 0.29) is 5.91 Å². The minimum atomic E-state index is 0.000281. The van der Waals surface area contributed by atoms with Crippen molar-refractivity contribution in [1.29, 1.82) is 0 Å². The van der Waals surface area contributed by atoms with Gasteiger partial charge in [-0.15, -0.1) is 0 Å². The zero-order valence-corrected chi connectivity index (χ0v) is 12.4. The van der Waals surface area contributed by atoms with E-state index in [2.05, 4.69) is 12.2 Å². The molecule has 2 atom stereocenters. The average molecular weight is 278 g/mol. The molecule has 0 aliphatic heterocycles. The van der Waals surface area contributed by atoms with Crippen LogP contribution in [0.5, 0.6) is 0 Å². The molecule has 0 saturated heterocycles. The first-order chi connectivity index (χ1) is 9.11. The number of carbonyl (C=O) groups excluding carboxylic acids is 1. The second kappa shape index (κ2) is 6.33. The van der Waals surface area contributed by atoms with Crippen molar-refractivity contribution in [3.63, 3.8) is 0 Å². The van der Waals surface area contributed by atoms with Crippen LogP contribution in [0.15, 0.2) is 18.2 Å². The Kier molecular flexibility index (Phi) is 4.75. The van der Waals surface area contributed by atoms with Crippen LogP contribution in [-0.4, -0.2) is 23.0 Å². The topological polar surface area (TPSA) is 55.1 Å². The number of hydrogen-bond donors (Lipinski definition) is 2. The first-order valence-electron chi connectivity index (χ1n) is 6.90. The number of hydrogen-bond acceptors (Lipinski definition) is 3. The molecule has 0 aromatic heterocycles. The largest absolute Gasteiger partial charge is 0.398 e. The molecule has 104 valence electrons. The summed E-state index contributed by atoms with van der Waals surface area (Å²) in [7, 11) is 0. The van der Waals surface area contributed by atoms with Crippen molar-refractivity contribution in [1.82, 2.24) is 5.32 Å². The van der Waals surface area contributed by atoms with Crippen LogP contribution in [0.2, 0.25) is 0 Å². The number of nitrogens with one attached hydrogen (secondary N) is 1. The van der Waals surface area contributed by atoms with E-state index < -0.39 is 0 Å². The van der Waals surface area contributed by atoms with Crippen molar-refractivity contribution in [2.45, 2.75) is 44.4 Å². The van der Waals surface area contributed by atoms with Crippen LogP contribution < -0.4 is 11.1 Å². The third-order valence-corrected chi connectivity index (χ3v) is 5.02. The number of amides is 1. The second-order valence-corrected chi connectivity index (χ2v) is 6.59. The van der Waals surface area contributed by atoms with Crippen LogP contribution >= 0.6 is 11.8 Å². The number of rotatable bonds is 4. The highest BCUT2D eigenvalue weighted by Crippen LogP contribution is 2.30. The first-order valence-corrected chi connectivity index (χ1v) is 7.95. The number of carbonyl (C=O) groups is 1. The predicted molar refractivity (Wildman–Crippen MR) is 82.6 cm³/mol. The van der Waals surface area contributed by atoms with Gasteiger partial charge < -0.3 is 11.1 Å². The number of benzene rings is 1. The summed E-state index contributed by atoms with van der Waals surface area (Å²) < 4.78 is 0. The Labute approximate surface area is 119 Å². The highest BCUT2D eigenvalue weighted by molar-refractivity contribution is 7.99. The Morgan fingerprint density at radius 2 is 2.26 bits per heavy atom. The predicted octanol–water partition coefficient (Wildman–Crippen LogP) is 2.98. The van der Waals surface area contributed by atoms with Crippen LogP contribution in [0, 0.1) is 6.92 Å². The summed E-state index contributed by atoms with van der Waals surface area (Å²) in [6.07, 6.45) is 3.50. The fourth-order valence-corrected chi connectivity index (χ4v) is 3.74. The van der Waals surface area contributed by atoms with E-state index in [1.165, 1.54) is 12.8 Å². The Morgan fingerprint density at radius 3 is 2.95 bits per heavy atom. The van der Waals surface area contributed by atoms with Gasteiger partial charge in [0.2, 0.25) is 0 Å². The second-order valence-electron chi connectivity index (χ2n) is 5.08. The van der Waals surface area contributed by atoms with Crippen molar-refractivity contribution in [3.8, 4) is 0 Å². The van der Waals surface area contributed by atoms with Gasteiger partial charge in [-0.1, -0.05) is 19.4 Å². The highest BCUT2D eigenvalue weighted by atomic mass is 32.2. The fourth-order valence-electron chi connectivity index (χ4n) is 2.54. The molecule has 1 aromatic carbocycles. The van der Waals surface area contributed by atoms with Gasteiger partial charge in [0.15, 0.2) is 0 Å². The summed E-state index contributed by atoms with van der Waals surface area (Å²) >= 11 is 1.95. The molecule has 0 spiro atoms. The molecular weight excluding hydrogens is 256 g/mol. The lowest BCUT2D eigenvalue weighted by molar-refractivity contribution is 0.0938. The van der Waals surface area contributed by atoms with Crippen LogP contribution in [0.25, 0.3) is 0 Å². The molecule has 1 amide bonds. The van der Waals surface area contributed by atoms with Gasteiger partial charge in [-0.05, 0) is 43.2 Å². The van der Waals surface area contributed by atoms with Crippen LogP contribution in [0.4, 0.5) is 5.69 Å². The number of thioether (sulfide) groups is 1. The maximum absolute atomic E-state index is 12.2.